The predicted molar refractivity (Wildman–Crippen MR) is 66.8 cm³/mol. The molecule has 2 rings (SSSR count). The van der Waals surface area contributed by atoms with Gasteiger partial charge in [0.05, 0.1) is 4.92 Å². The molecule has 92 valence electrons. The van der Waals surface area contributed by atoms with Crippen molar-refractivity contribution in [3.8, 4) is 11.6 Å². The van der Waals surface area contributed by atoms with Crippen molar-refractivity contribution in [2.24, 2.45) is 0 Å². The van der Waals surface area contributed by atoms with Crippen molar-refractivity contribution >= 4 is 23.1 Å². The van der Waals surface area contributed by atoms with E-state index in [1.54, 1.807) is 24.3 Å². The third-order valence-electron chi connectivity index (χ3n) is 2.09. The van der Waals surface area contributed by atoms with E-state index in [0.717, 1.165) is 0 Å². The number of pyridine rings is 1. The largest absolute Gasteiger partial charge is 0.439 e. The van der Waals surface area contributed by atoms with Gasteiger partial charge in [-0.05, 0) is 18.2 Å². The van der Waals surface area contributed by atoms with Crippen molar-refractivity contribution in [1.82, 2.24) is 4.98 Å². The van der Waals surface area contributed by atoms with Crippen LogP contribution in [0.2, 0.25) is 5.02 Å². The first-order valence-corrected chi connectivity index (χ1v) is 5.28. The highest BCUT2D eigenvalue weighted by atomic mass is 35.5. The Morgan fingerprint density at radius 2 is 2.11 bits per heavy atom. The summed E-state index contributed by atoms with van der Waals surface area (Å²) >= 11 is 5.79. The molecule has 0 atom stereocenters. The molecule has 6 nitrogen and oxygen atoms in total. The van der Waals surface area contributed by atoms with Gasteiger partial charge in [-0.3, -0.25) is 10.1 Å². The molecule has 0 aliphatic carbocycles. The molecular formula is C11H8ClN3O3. The number of ether oxygens (including phenoxy) is 1. The first-order chi connectivity index (χ1) is 8.56. The van der Waals surface area contributed by atoms with Crippen LogP contribution < -0.4 is 10.5 Å². The van der Waals surface area contributed by atoms with Gasteiger partial charge in [-0.15, -0.1) is 0 Å². The van der Waals surface area contributed by atoms with E-state index in [2.05, 4.69) is 4.98 Å². The molecule has 0 spiro atoms. The van der Waals surface area contributed by atoms with Crippen molar-refractivity contribution in [2.75, 3.05) is 5.73 Å². The van der Waals surface area contributed by atoms with Crippen molar-refractivity contribution in [2.45, 2.75) is 0 Å². The van der Waals surface area contributed by atoms with E-state index in [1.807, 2.05) is 0 Å². The van der Waals surface area contributed by atoms with Gasteiger partial charge in [0.2, 0.25) is 11.7 Å². The topological polar surface area (TPSA) is 91.3 Å². The first kappa shape index (κ1) is 12.1. The normalized spacial score (nSPS) is 10.1. The SMILES string of the molecule is Nc1nc(Oc2cccc(Cl)c2)ccc1[N+](=O)[O-]. The molecule has 0 saturated heterocycles. The number of nitrogens with two attached hydrogens (primary N) is 1. The molecule has 0 aliphatic rings. The van der Waals surface area contributed by atoms with Gasteiger partial charge in [0, 0.05) is 17.2 Å². The standard InChI is InChI=1S/C11H8ClN3O3/c12-7-2-1-3-8(6-7)18-10-5-4-9(15(16)17)11(13)14-10/h1-6H,(H2,13,14). The molecule has 0 unspecified atom stereocenters. The van der Waals surface area contributed by atoms with Crippen LogP contribution in [-0.2, 0) is 0 Å². The number of nitro groups is 1. The first-order valence-electron chi connectivity index (χ1n) is 4.90. The number of halogens is 1. The lowest BCUT2D eigenvalue weighted by molar-refractivity contribution is -0.384. The minimum atomic E-state index is -0.606. The molecule has 0 bridgehead atoms. The number of hydrogen-bond donors (Lipinski definition) is 1. The summed E-state index contributed by atoms with van der Waals surface area (Å²) in [5.74, 6) is 0.447. The number of nitrogen functional groups attached to an aromatic ring is 1. The third kappa shape index (κ3) is 2.67. The smallest absolute Gasteiger partial charge is 0.311 e. The molecular weight excluding hydrogens is 258 g/mol. The summed E-state index contributed by atoms with van der Waals surface area (Å²) in [6.45, 7) is 0. The number of anilines is 1. The number of rotatable bonds is 3. The Morgan fingerprint density at radius 1 is 1.33 bits per heavy atom. The quantitative estimate of drug-likeness (QED) is 0.680. The van der Waals surface area contributed by atoms with E-state index in [-0.39, 0.29) is 17.4 Å². The van der Waals surface area contributed by atoms with E-state index < -0.39 is 4.92 Å². The minimum Gasteiger partial charge on any atom is -0.439 e. The maximum atomic E-state index is 10.6. The van der Waals surface area contributed by atoms with Crippen LogP contribution in [0.25, 0.3) is 0 Å². The Balaban J connectivity index is 2.25. The molecule has 0 amide bonds. The van der Waals surface area contributed by atoms with E-state index >= 15 is 0 Å². The van der Waals surface area contributed by atoms with E-state index in [9.17, 15) is 10.1 Å². The summed E-state index contributed by atoms with van der Waals surface area (Å²) in [5.41, 5.74) is 5.19. The van der Waals surface area contributed by atoms with Crippen LogP contribution in [-0.4, -0.2) is 9.91 Å². The Hall–Kier alpha value is -2.34. The number of benzene rings is 1. The fourth-order valence-corrected chi connectivity index (χ4v) is 1.49. The summed E-state index contributed by atoms with van der Waals surface area (Å²) in [5, 5.41) is 11.1. The van der Waals surface area contributed by atoms with Crippen LogP contribution in [0.15, 0.2) is 36.4 Å². The van der Waals surface area contributed by atoms with Gasteiger partial charge >= 0.3 is 5.69 Å². The van der Waals surface area contributed by atoms with E-state index in [0.29, 0.717) is 10.8 Å². The Kier molecular flexibility index (Phi) is 3.29. The fraction of sp³-hybridized carbons (Fsp3) is 0. The predicted octanol–water partition coefficient (Wildman–Crippen LogP) is 3.02. The van der Waals surface area contributed by atoms with E-state index in [1.165, 1.54) is 12.1 Å². The highest BCUT2D eigenvalue weighted by Gasteiger charge is 2.13. The van der Waals surface area contributed by atoms with Crippen LogP contribution >= 0.6 is 11.6 Å². The molecule has 0 radical (unpaired) electrons. The van der Waals surface area contributed by atoms with Crippen molar-refractivity contribution in [3.05, 3.63) is 51.5 Å². The van der Waals surface area contributed by atoms with Crippen LogP contribution in [0, 0.1) is 10.1 Å². The van der Waals surface area contributed by atoms with Gasteiger partial charge in [-0.1, -0.05) is 17.7 Å². The van der Waals surface area contributed by atoms with Crippen LogP contribution in [0.3, 0.4) is 0 Å². The van der Waals surface area contributed by atoms with Crippen molar-refractivity contribution in [1.29, 1.82) is 0 Å². The lowest BCUT2D eigenvalue weighted by Gasteiger charge is -2.05. The second-order valence-electron chi connectivity index (χ2n) is 3.37. The van der Waals surface area contributed by atoms with Gasteiger partial charge in [-0.2, -0.15) is 4.98 Å². The van der Waals surface area contributed by atoms with E-state index in [4.69, 9.17) is 22.1 Å². The average Bonchev–Trinajstić information content (AvgIpc) is 2.28. The summed E-state index contributed by atoms with van der Waals surface area (Å²) in [6, 6.07) is 9.31. The monoisotopic (exact) mass is 265 g/mol. The molecule has 2 N–H and O–H groups in total. The van der Waals surface area contributed by atoms with Crippen LogP contribution in [0.4, 0.5) is 11.5 Å². The molecule has 0 fully saturated rings. The average molecular weight is 266 g/mol. The zero-order valence-corrected chi connectivity index (χ0v) is 9.79. The molecule has 18 heavy (non-hydrogen) atoms. The Morgan fingerprint density at radius 3 is 2.72 bits per heavy atom. The maximum Gasteiger partial charge on any atom is 0.311 e. The second-order valence-corrected chi connectivity index (χ2v) is 3.81. The minimum absolute atomic E-state index is 0.167. The summed E-state index contributed by atoms with van der Waals surface area (Å²) < 4.78 is 5.38. The van der Waals surface area contributed by atoms with Gasteiger partial charge in [0.15, 0.2) is 0 Å². The molecule has 7 heteroatoms. The zero-order chi connectivity index (χ0) is 13.1. The summed E-state index contributed by atoms with van der Waals surface area (Å²) in [4.78, 5) is 13.7. The lowest BCUT2D eigenvalue weighted by atomic mass is 10.3. The molecule has 2 aromatic rings. The zero-order valence-electron chi connectivity index (χ0n) is 9.04. The fourth-order valence-electron chi connectivity index (χ4n) is 1.31. The molecule has 1 aromatic carbocycles. The van der Waals surface area contributed by atoms with Gasteiger partial charge in [0.25, 0.3) is 0 Å². The lowest BCUT2D eigenvalue weighted by Crippen LogP contribution is -1.99. The van der Waals surface area contributed by atoms with Gasteiger partial charge < -0.3 is 10.5 Å². The molecule has 1 aromatic heterocycles. The maximum absolute atomic E-state index is 10.6. The van der Waals surface area contributed by atoms with Crippen LogP contribution in [0.5, 0.6) is 11.6 Å². The Bertz CT molecular complexity index is 604. The molecule has 1 heterocycles. The number of hydrogen-bond acceptors (Lipinski definition) is 5. The molecule has 0 saturated carbocycles. The summed E-state index contributed by atoms with van der Waals surface area (Å²) in [6.07, 6.45) is 0. The number of aromatic nitrogens is 1. The van der Waals surface area contributed by atoms with Crippen molar-refractivity contribution < 1.29 is 9.66 Å². The van der Waals surface area contributed by atoms with Gasteiger partial charge in [0.1, 0.15) is 5.75 Å². The highest BCUT2D eigenvalue weighted by molar-refractivity contribution is 6.30. The van der Waals surface area contributed by atoms with Crippen molar-refractivity contribution in [3.63, 3.8) is 0 Å². The summed E-state index contributed by atoms with van der Waals surface area (Å²) in [7, 11) is 0. The number of nitrogens with zero attached hydrogens (tertiary/aromatic N) is 2. The Labute approximate surface area is 107 Å². The molecule has 0 aliphatic heterocycles. The third-order valence-corrected chi connectivity index (χ3v) is 2.33. The second kappa shape index (κ2) is 4.89. The highest BCUT2D eigenvalue weighted by Crippen LogP contribution is 2.26. The van der Waals surface area contributed by atoms with Gasteiger partial charge in [-0.25, -0.2) is 0 Å². The van der Waals surface area contributed by atoms with Crippen LogP contribution in [0.1, 0.15) is 0 Å².